The van der Waals surface area contributed by atoms with Gasteiger partial charge in [0.15, 0.2) is 0 Å². The van der Waals surface area contributed by atoms with Gasteiger partial charge in [-0.15, -0.1) is 22.7 Å². The van der Waals surface area contributed by atoms with E-state index in [1.807, 2.05) is 41.9 Å². The zero-order chi connectivity index (χ0) is 21.5. The molecule has 6 aromatic rings. The van der Waals surface area contributed by atoms with Gasteiger partial charge < -0.3 is 0 Å². The summed E-state index contributed by atoms with van der Waals surface area (Å²) in [6.45, 7) is 2.04. The molecule has 32 heavy (non-hydrogen) atoms. The van der Waals surface area contributed by atoms with Crippen molar-refractivity contribution in [3.8, 4) is 5.69 Å². The number of nitrogens with zero attached hydrogens (tertiary/aromatic N) is 4. The highest BCUT2D eigenvalue weighted by atomic mass is 32.1. The molecule has 3 aromatic carbocycles. The molecule has 0 aliphatic heterocycles. The van der Waals surface area contributed by atoms with Crippen LogP contribution >= 0.6 is 22.7 Å². The minimum Gasteiger partial charge on any atom is -0.240 e. The standard InChI is InChI=1S/C26H18N4S2/c1-17-18(16-30(29-17)19-9-3-2-4-10-19)15-20(25-27-21-11-5-7-13-23(21)31-25)26-28-22-12-6-8-14-24(22)32-26/h2-16H,1H3. The molecular weight excluding hydrogens is 432 g/mol. The Morgan fingerprint density at radius 3 is 1.91 bits per heavy atom. The number of aromatic nitrogens is 4. The molecule has 0 N–H and O–H groups in total. The van der Waals surface area contributed by atoms with Gasteiger partial charge in [0.25, 0.3) is 0 Å². The largest absolute Gasteiger partial charge is 0.240 e. The van der Waals surface area contributed by atoms with E-state index in [2.05, 4.69) is 60.8 Å². The van der Waals surface area contributed by atoms with Gasteiger partial charge >= 0.3 is 0 Å². The summed E-state index contributed by atoms with van der Waals surface area (Å²) in [4.78, 5) is 9.88. The lowest BCUT2D eigenvalue weighted by molar-refractivity contribution is 0.863. The highest BCUT2D eigenvalue weighted by Crippen LogP contribution is 2.36. The van der Waals surface area contributed by atoms with Gasteiger partial charge in [-0.25, -0.2) is 14.6 Å². The fourth-order valence-corrected chi connectivity index (χ4v) is 5.70. The second-order valence-electron chi connectivity index (χ2n) is 7.48. The van der Waals surface area contributed by atoms with Crippen LogP contribution in [0.3, 0.4) is 0 Å². The molecule has 0 spiro atoms. The van der Waals surface area contributed by atoms with Gasteiger partial charge in [0.2, 0.25) is 0 Å². The van der Waals surface area contributed by atoms with Crippen LogP contribution in [0.25, 0.3) is 37.8 Å². The summed E-state index contributed by atoms with van der Waals surface area (Å²) < 4.78 is 4.27. The normalized spacial score (nSPS) is 11.3. The third-order valence-electron chi connectivity index (χ3n) is 5.31. The predicted octanol–water partition coefficient (Wildman–Crippen LogP) is 6.99. The van der Waals surface area contributed by atoms with E-state index in [9.17, 15) is 0 Å². The summed E-state index contributed by atoms with van der Waals surface area (Å²) in [5.41, 5.74) is 6.11. The number of fused-ring (bicyclic) bond motifs is 2. The quantitative estimate of drug-likeness (QED) is 0.291. The summed E-state index contributed by atoms with van der Waals surface area (Å²) >= 11 is 3.40. The first kappa shape index (κ1) is 19.1. The van der Waals surface area contributed by atoms with E-state index in [4.69, 9.17) is 15.1 Å². The average Bonchev–Trinajstić information content (AvgIpc) is 3.54. The number of aryl methyl sites for hydroxylation is 1. The van der Waals surface area contributed by atoms with E-state index in [1.54, 1.807) is 22.7 Å². The Hall–Kier alpha value is -3.61. The van der Waals surface area contributed by atoms with Gasteiger partial charge in [-0.2, -0.15) is 5.10 Å². The Morgan fingerprint density at radius 1 is 0.750 bits per heavy atom. The van der Waals surface area contributed by atoms with Gasteiger partial charge in [-0.3, -0.25) is 0 Å². The maximum absolute atomic E-state index is 4.94. The molecule has 0 radical (unpaired) electrons. The van der Waals surface area contributed by atoms with Crippen molar-refractivity contribution in [2.24, 2.45) is 0 Å². The van der Waals surface area contributed by atoms with Crippen LogP contribution in [0.5, 0.6) is 0 Å². The number of rotatable bonds is 4. The summed E-state index contributed by atoms with van der Waals surface area (Å²) in [6.07, 6.45) is 4.25. The molecule has 3 heterocycles. The molecule has 0 atom stereocenters. The molecule has 6 heteroatoms. The SMILES string of the molecule is Cc1nn(-c2ccccc2)cc1C=C(c1nc2ccccc2s1)c1nc2ccccc2s1. The molecule has 0 aliphatic carbocycles. The van der Waals surface area contributed by atoms with E-state index in [0.29, 0.717) is 0 Å². The molecule has 0 aliphatic rings. The number of hydrogen-bond acceptors (Lipinski definition) is 5. The van der Waals surface area contributed by atoms with Gasteiger partial charge in [0, 0.05) is 17.3 Å². The van der Waals surface area contributed by atoms with Crippen molar-refractivity contribution in [2.45, 2.75) is 6.92 Å². The van der Waals surface area contributed by atoms with Crippen molar-refractivity contribution in [1.82, 2.24) is 19.7 Å². The number of hydrogen-bond donors (Lipinski definition) is 0. The average molecular weight is 451 g/mol. The molecule has 154 valence electrons. The zero-order valence-electron chi connectivity index (χ0n) is 17.3. The van der Waals surface area contributed by atoms with E-state index in [0.717, 1.165) is 43.6 Å². The predicted molar refractivity (Wildman–Crippen MR) is 135 cm³/mol. The first-order chi connectivity index (χ1) is 15.7. The van der Waals surface area contributed by atoms with E-state index < -0.39 is 0 Å². The topological polar surface area (TPSA) is 43.6 Å². The third kappa shape index (κ3) is 3.43. The van der Waals surface area contributed by atoms with Crippen LogP contribution in [0, 0.1) is 6.92 Å². The van der Waals surface area contributed by atoms with Crippen LogP contribution in [0.15, 0.2) is 85.1 Å². The Labute approximate surface area is 193 Å². The molecule has 0 bridgehead atoms. The Morgan fingerprint density at radius 2 is 1.31 bits per heavy atom. The van der Waals surface area contributed by atoms with Crippen molar-refractivity contribution in [3.05, 3.63) is 106 Å². The number of thiazole rings is 2. The Kier molecular flexibility index (Phi) is 4.67. The first-order valence-corrected chi connectivity index (χ1v) is 11.9. The maximum Gasteiger partial charge on any atom is 0.127 e. The molecule has 0 saturated heterocycles. The lowest BCUT2D eigenvalue weighted by Gasteiger charge is -2.00. The highest BCUT2D eigenvalue weighted by molar-refractivity contribution is 7.22. The first-order valence-electron chi connectivity index (χ1n) is 10.3. The summed E-state index contributed by atoms with van der Waals surface area (Å²) in [5.74, 6) is 0. The highest BCUT2D eigenvalue weighted by Gasteiger charge is 2.17. The third-order valence-corrected chi connectivity index (χ3v) is 7.45. The zero-order valence-corrected chi connectivity index (χ0v) is 18.9. The smallest absolute Gasteiger partial charge is 0.127 e. The Bertz CT molecular complexity index is 1450. The van der Waals surface area contributed by atoms with Crippen molar-refractivity contribution < 1.29 is 0 Å². The molecular formula is C26H18N4S2. The molecule has 0 saturated carbocycles. The monoisotopic (exact) mass is 450 g/mol. The molecule has 0 unspecified atom stereocenters. The van der Waals surface area contributed by atoms with Gasteiger partial charge in [-0.1, -0.05) is 42.5 Å². The fraction of sp³-hybridized carbons (Fsp3) is 0.0385. The lowest BCUT2D eigenvalue weighted by Crippen LogP contribution is -1.93. The second-order valence-corrected chi connectivity index (χ2v) is 9.54. The molecule has 4 nitrogen and oxygen atoms in total. The van der Waals surface area contributed by atoms with Crippen molar-refractivity contribution >= 4 is 54.8 Å². The summed E-state index contributed by atoms with van der Waals surface area (Å²) in [5, 5.41) is 6.68. The van der Waals surface area contributed by atoms with Gasteiger partial charge in [0.05, 0.1) is 31.8 Å². The maximum atomic E-state index is 4.94. The number of benzene rings is 3. The lowest BCUT2D eigenvalue weighted by atomic mass is 10.1. The van der Waals surface area contributed by atoms with Crippen molar-refractivity contribution in [2.75, 3.05) is 0 Å². The van der Waals surface area contributed by atoms with Crippen LogP contribution in [0.1, 0.15) is 21.3 Å². The number of para-hydroxylation sites is 3. The molecule has 3 aromatic heterocycles. The summed E-state index contributed by atoms with van der Waals surface area (Å²) in [6, 6.07) is 26.7. The second kappa shape index (κ2) is 7.82. The molecule has 0 amide bonds. The van der Waals surface area contributed by atoms with Crippen LogP contribution < -0.4 is 0 Å². The van der Waals surface area contributed by atoms with Crippen LogP contribution in [-0.2, 0) is 0 Å². The van der Waals surface area contributed by atoms with Crippen molar-refractivity contribution in [1.29, 1.82) is 0 Å². The van der Waals surface area contributed by atoms with Gasteiger partial charge in [0.1, 0.15) is 10.0 Å². The minimum atomic E-state index is 0.966. The molecule has 0 fully saturated rings. The minimum absolute atomic E-state index is 0.966. The van der Waals surface area contributed by atoms with Crippen LogP contribution in [0.2, 0.25) is 0 Å². The van der Waals surface area contributed by atoms with Crippen LogP contribution in [-0.4, -0.2) is 19.7 Å². The van der Waals surface area contributed by atoms with Gasteiger partial charge in [-0.05, 0) is 49.4 Å². The van der Waals surface area contributed by atoms with E-state index >= 15 is 0 Å². The Balaban J connectivity index is 1.54. The van der Waals surface area contributed by atoms with Crippen molar-refractivity contribution in [3.63, 3.8) is 0 Å². The van der Waals surface area contributed by atoms with Crippen LogP contribution in [0.4, 0.5) is 0 Å². The fourth-order valence-electron chi connectivity index (χ4n) is 3.67. The summed E-state index contributed by atoms with van der Waals surface area (Å²) in [7, 11) is 0. The molecule has 6 rings (SSSR count). The van der Waals surface area contributed by atoms with E-state index in [-0.39, 0.29) is 0 Å². The van der Waals surface area contributed by atoms with E-state index in [1.165, 1.54) is 9.40 Å².